The van der Waals surface area contributed by atoms with Gasteiger partial charge in [0.15, 0.2) is 5.78 Å². The summed E-state index contributed by atoms with van der Waals surface area (Å²) in [5.74, 6) is -0.335. The Labute approximate surface area is 116 Å². The van der Waals surface area contributed by atoms with Crippen LogP contribution in [0.5, 0.6) is 5.75 Å². The third-order valence-electron chi connectivity index (χ3n) is 3.15. The van der Waals surface area contributed by atoms with E-state index in [4.69, 9.17) is 4.74 Å². The maximum atomic E-state index is 12.2. The van der Waals surface area contributed by atoms with Crippen molar-refractivity contribution >= 4 is 17.7 Å². The third-order valence-corrected chi connectivity index (χ3v) is 3.15. The molecule has 1 heterocycles. The number of nitrogens with zero attached hydrogens (tertiary/aromatic N) is 1. The maximum absolute atomic E-state index is 12.2. The molecule has 0 unspecified atom stereocenters. The van der Waals surface area contributed by atoms with Crippen LogP contribution in [0.4, 0.5) is 4.79 Å². The topological polar surface area (TPSA) is 75.7 Å². The highest BCUT2D eigenvalue weighted by atomic mass is 16.5. The van der Waals surface area contributed by atoms with Gasteiger partial charge in [-0.05, 0) is 26.0 Å². The van der Waals surface area contributed by atoms with Gasteiger partial charge in [0.05, 0.1) is 19.2 Å². The fourth-order valence-corrected chi connectivity index (χ4v) is 2.07. The minimum Gasteiger partial charge on any atom is -0.496 e. The van der Waals surface area contributed by atoms with Crippen molar-refractivity contribution in [3.05, 3.63) is 29.8 Å². The first-order valence-corrected chi connectivity index (χ1v) is 6.17. The van der Waals surface area contributed by atoms with E-state index in [0.717, 1.165) is 4.90 Å². The lowest BCUT2D eigenvalue weighted by Crippen LogP contribution is -2.41. The van der Waals surface area contributed by atoms with E-state index in [9.17, 15) is 14.4 Å². The Morgan fingerprint density at radius 3 is 2.50 bits per heavy atom. The van der Waals surface area contributed by atoms with E-state index in [2.05, 4.69) is 5.32 Å². The molecule has 1 aromatic rings. The Balaban J connectivity index is 2.20. The zero-order chi connectivity index (χ0) is 14.9. The molecular weight excluding hydrogens is 260 g/mol. The largest absolute Gasteiger partial charge is 0.496 e. The molecule has 1 saturated heterocycles. The van der Waals surface area contributed by atoms with Crippen molar-refractivity contribution in [2.45, 2.75) is 19.4 Å². The van der Waals surface area contributed by atoms with Crippen LogP contribution in [0, 0.1) is 0 Å². The van der Waals surface area contributed by atoms with Crippen molar-refractivity contribution in [2.75, 3.05) is 13.7 Å². The maximum Gasteiger partial charge on any atom is 0.325 e. The highest BCUT2D eigenvalue weighted by Crippen LogP contribution is 2.21. The molecule has 0 aromatic heterocycles. The van der Waals surface area contributed by atoms with E-state index < -0.39 is 17.5 Å². The van der Waals surface area contributed by atoms with Crippen LogP contribution >= 0.6 is 0 Å². The molecule has 2 rings (SSSR count). The van der Waals surface area contributed by atoms with Crippen molar-refractivity contribution in [3.63, 3.8) is 0 Å². The van der Waals surface area contributed by atoms with Crippen LogP contribution in [0.15, 0.2) is 24.3 Å². The first kappa shape index (κ1) is 14.0. The molecule has 1 aromatic carbocycles. The van der Waals surface area contributed by atoms with Crippen LogP contribution in [0.2, 0.25) is 0 Å². The number of hydrogen-bond donors (Lipinski definition) is 1. The number of methoxy groups -OCH3 is 1. The molecule has 0 saturated carbocycles. The highest BCUT2D eigenvalue weighted by molar-refractivity contribution is 6.11. The molecule has 0 spiro atoms. The molecule has 6 heteroatoms. The number of Topliss-reactive ketones (excluding diaryl/α,β-unsaturated/α-hetero) is 1. The van der Waals surface area contributed by atoms with Gasteiger partial charge in [0.25, 0.3) is 5.91 Å². The number of rotatable bonds is 4. The van der Waals surface area contributed by atoms with E-state index in [1.165, 1.54) is 7.11 Å². The molecule has 1 aliphatic rings. The monoisotopic (exact) mass is 276 g/mol. The number of para-hydroxylation sites is 1. The van der Waals surface area contributed by atoms with Crippen molar-refractivity contribution in [3.8, 4) is 5.75 Å². The third kappa shape index (κ3) is 2.36. The van der Waals surface area contributed by atoms with E-state index in [1.807, 2.05) is 0 Å². The predicted molar refractivity (Wildman–Crippen MR) is 71.6 cm³/mol. The summed E-state index contributed by atoms with van der Waals surface area (Å²) in [6.07, 6.45) is 0. The Bertz CT molecular complexity index is 580. The minimum absolute atomic E-state index is 0.297. The smallest absolute Gasteiger partial charge is 0.325 e. The van der Waals surface area contributed by atoms with Gasteiger partial charge in [-0.3, -0.25) is 14.5 Å². The van der Waals surface area contributed by atoms with Gasteiger partial charge in [0.1, 0.15) is 11.3 Å². The lowest BCUT2D eigenvalue weighted by atomic mass is 10.1. The number of urea groups is 1. The summed E-state index contributed by atoms with van der Waals surface area (Å²) in [5.41, 5.74) is -0.627. The van der Waals surface area contributed by atoms with Gasteiger partial charge in [-0.1, -0.05) is 12.1 Å². The Kier molecular flexibility index (Phi) is 3.48. The summed E-state index contributed by atoms with van der Waals surface area (Å²) in [6, 6.07) is 6.15. The first-order chi connectivity index (χ1) is 9.36. The van der Waals surface area contributed by atoms with E-state index >= 15 is 0 Å². The molecule has 0 bridgehead atoms. The zero-order valence-corrected chi connectivity index (χ0v) is 11.6. The normalized spacial score (nSPS) is 17.1. The minimum atomic E-state index is -0.974. The van der Waals surface area contributed by atoms with Crippen LogP contribution in [-0.2, 0) is 4.79 Å². The van der Waals surface area contributed by atoms with Gasteiger partial charge in [0.2, 0.25) is 0 Å². The number of nitrogens with one attached hydrogen (secondary N) is 1. The van der Waals surface area contributed by atoms with Crippen molar-refractivity contribution < 1.29 is 19.1 Å². The molecule has 1 fully saturated rings. The Hall–Kier alpha value is -2.37. The summed E-state index contributed by atoms with van der Waals surface area (Å²) in [4.78, 5) is 36.9. The number of hydrogen-bond acceptors (Lipinski definition) is 4. The zero-order valence-electron chi connectivity index (χ0n) is 11.6. The summed E-state index contributed by atoms with van der Waals surface area (Å²) < 4.78 is 5.10. The molecule has 0 radical (unpaired) electrons. The van der Waals surface area contributed by atoms with Gasteiger partial charge < -0.3 is 10.1 Å². The molecule has 1 aliphatic heterocycles. The van der Waals surface area contributed by atoms with Crippen LogP contribution in [-0.4, -0.2) is 41.8 Å². The Morgan fingerprint density at radius 1 is 1.30 bits per heavy atom. The fraction of sp³-hybridized carbons (Fsp3) is 0.357. The number of benzene rings is 1. The molecule has 3 amide bonds. The number of ether oxygens (including phenoxy) is 1. The molecule has 6 nitrogen and oxygen atoms in total. The summed E-state index contributed by atoms with van der Waals surface area (Å²) in [5, 5.41) is 2.53. The number of carbonyl (C=O) groups is 3. The predicted octanol–water partition coefficient (Wildman–Crippen LogP) is 1.21. The van der Waals surface area contributed by atoms with Gasteiger partial charge in [-0.25, -0.2) is 4.79 Å². The van der Waals surface area contributed by atoms with Crippen LogP contribution in [0.1, 0.15) is 24.2 Å². The van der Waals surface area contributed by atoms with Crippen LogP contribution in [0.25, 0.3) is 0 Å². The molecule has 0 aliphatic carbocycles. The summed E-state index contributed by atoms with van der Waals surface area (Å²) in [6.45, 7) is 2.90. The van der Waals surface area contributed by atoms with Gasteiger partial charge in [0, 0.05) is 0 Å². The molecule has 20 heavy (non-hydrogen) atoms. The van der Waals surface area contributed by atoms with E-state index in [-0.39, 0.29) is 12.3 Å². The van der Waals surface area contributed by atoms with Crippen LogP contribution in [0.3, 0.4) is 0 Å². The lowest BCUT2D eigenvalue weighted by Gasteiger charge is -2.16. The second-order valence-corrected chi connectivity index (χ2v) is 5.07. The summed E-state index contributed by atoms with van der Waals surface area (Å²) in [7, 11) is 1.46. The number of amides is 3. The lowest BCUT2D eigenvalue weighted by molar-refractivity contribution is -0.129. The average molecular weight is 276 g/mol. The van der Waals surface area contributed by atoms with Gasteiger partial charge in [-0.2, -0.15) is 0 Å². The highest BCUT2D eigenvalue weighted by Gasteiger charge is 2.44. The molecule has 1 N–H and O–H groups in total. The van der Waals surface area contributed by atoms with Crippen molar-refractivity contribution in [1.82, 2.24) is 10.2 Å². The van der Waals surface area contributed by atoms with Crippen LogP contribution < -0.4 is 10.1 Å². The Morgan fingerprint density at radius 2 is 1.95 bits per heavy atom. The quantitative estimate of drug-likeness (QED) is 0.662. The first-order valence-electron chi connectivity index (χ1n) is 6.17. The average Bonchev–Trinajstić information content (AvgIpc) is 2.60. The van der Waals surface area contributed by atoms with E-state index in [0.29, 0.717) is 11.3 Å². The molecular formula is C14H16N2O4. The van der Waals surface area contributed by atoms with E-state index in [1.54, 1.807) is 38.1 Å². The number of carbonyl (C=O) groups excluding carboxylic acids is 3. The number of ketones is 1. The van der Waals surface area contributed by atoms with Crippen molar-refractivity contribution in [2.24, 2.45) is 0 Å². The van der Waals surface area contributed by atoms with Gasteiger partial charge in [-0.15, -0.1) is 0 Å². The van der Waals surface area contributed by atoms with Crippen molar-refractivity contribution in [1.29, 1.82) is 0 Å². The fourth-order valence-electron chi connectivity index (χ4n) is 2.07. The van der Waals surface area contributed by atoms with Gasteiger partial charge >= 0.3 is 6.03 Å². The SMILES string of the molecule is COc1ccccc1C(=O)CN1C(=O)NC(C)(C)C1=O. The standard InChI is InChI=1S/C14H16N2O4/c1-14(2)12(18)16(13(19)15-14)8-10(17)9-6-4-5-7-11(9)20-3/h4-7H,8H2,1-3H3,(H,15,19). The molecule has 106 valence electrons. The second-order valence-electron chi connectivity index (χ2n) is 5.07. The summed E-state index contributed by atoms with van der Waals surface area (Å²) >= 11 is 0. The number of imide groups is 1. The second kappa shape index (κ2) is 4.96. The molecule has 0 atom stereocenters.